The second-order valence-corrected chi connectivity index (χ2v) is 6.33. The summed E-state index contributed by atoms with van der Waals surface area (Å²) in [6.07, 6.45) is 5.03. The molecule has 2 N–H and O–H groups in total. The molecule has 0 saturated carbocycles. The van der Waals surface area contributed by atoms with Gasteiger partial charge >= 0.3 is 0 Å². The maximum Gasteiger partial charge on any atom is 0.190 e. The summed E-state index contributed by atoms with van der Waals surface area (Å²) < 4.78 is 0. The van der Waals surface area contributed by atoms with Crippen molar-refractivity contribution in [3.05, 3.63) is 29.0 Å². The number of aliphatic imine (C=N–C) groups is 1. The fourth-order valence-electron chi connectivity index (χ4n) is 2.05. The zero-order chi connectivity index (χ0) is 17.1. The van der Waals surface area contributed by atoms with Crippen molar-refractivity contribution in [2.45, 2.75) is 39.2 Å². The summed E-state index contributed by atoms with van der Waals surface area (Å²) in [5.41, 5.74) is 1.16. The van der Waals surface area contributed by atoms with Crippen LogP contribution in [0.3, 0.4) is 0 Å². The van der Waals surface area contributed by atoms with Gasteiger partial charge in [0.05, 0.1) is 0 Å². The molecule has 1 heterocycles. The third-order valence-corrected chi connectivity index (χ3v) is 4.05. The van der Waals surface area contributed by atoms with Crippen LogP contribution < -0.4 is 10.6 Å². The highest BCUT2D eigenvalue weighted by Gasteiger charge is 2.02. The van der Waals surface area contributed by atoms with Crippen LogP contribution in [0.2, 0.25) is 5.15 Å². The van der Waals surface area contributed by atoms with E-state index in [0.717, 1.165) is 44.0 Å². The Morgan fingerprint density at radius 2 is 2.00 bits per heavy atom. The van der Waals surface area contributed by atoms with Crippen molar-refractivity contribution >= 4 is 17.6 Å². The first kappa shape index (κ1) is 19.7. The van der Waals surface area contributed by atoms with Crippen LogP contribution in [-0.2, 0) is 6.42 Å². The van der Waals surface area contributed by atoms with Crippen molar-refractivity contribution < 1.29 is 0 Å². The van der Waals surface area contributed by atoms with Crippen LogP contribution in [0.15, 0.2) is 23.3 Å². The minimum atomic E-state index is 0.530. The van der Waals surface area contributed by atoms with Gasteiger partial charge in [0.2, 0.25) is 0 Å². The smallest absolute Gasteiger partial charge is 0.190 e. The Kier molecular flexibility index (Phi) is 9.64. The molecule has 0 aliphatic rings. The Balaban J connectivity index is 2.13. The molecular formula is C17H30ClN5. The van der Waals surface area contributed by atoms with Gasteiger partial charge in [0, 0.05) is 32.4 Å². The summed E-state index contributed by atoms with van der Waals surface area (Å²) in [5, 5.41) is 7.20. The Bertz CT molecular complexity index is 459. The molecule has 0 radical (unpaired) electrons. The van der Waals surface area contributed by atoms with E-state index in [1.54, 1.807) is 7.05 Å². The molecule has 0 aliphatic carbocycles. The van der Waals surface area contributed by atoms with E-state index in [4.69, 9.17) is 11.6 Å². The molecule has 0 atom stereocenters. The van der Waals surface area contributed by atoms with E-state index in [1.165, 1.54) is 6.42 Å². The number of nitrogens with one attached hydrogen (secondary N) is 2. The van der Waals surface area contributed by atoms with E-state index in [9.17, 15) is 0 Å². The van der Waals surface area contributed by atoms with Gasteiger partial charge in [-0.2, -0.15) is 0 Å². The zero-order valence-electron chi connectivity index (χ0n) is 14.8. The Hall–Kier alpha value is -1.33. The standard InChI is InChI=1S/C17H30ClN5/c1-14(2)23(4)12-6-5-10-20-17(19-3)21-11-9-15-7-8-16(18)22-13-15/h7-8,13-14H,5-6,9-12H2,1-4H3,(H2,19,20,21). The van der Waals surface area contributed by atoms with Gasteiger partial charge in [-0.15, -0.1) is 0 Å². The molecule has 5 nitrogen and oxygen atoms in total. The van der Waals surface area contributed by atoms with Crippen LogP contribution in [0.5, 0.6) is 0 Å². The summed E-state index contributed by atoms with van der Waals surface area (Å²) in [6, 6.07) is 4.43. The molecule has 0 bridgehead atoms. The SMILES string of the molecule is CN=C(NCCCCN(C)C(C)C)NCCc1ccc(Cl)nc1. The average molecular weight is 340 g/mol. The molecule has 0 fully saturated rings. The van der Waals surface area contributed by atoms with E-state index >= 15 is 0 Å². The lowest BCUT2D eigenvalue weighted by Crippen LogP contribution is -2.39. The van der Waals surface area contributed by atoms with Crippen LogP contribution in [0.1, 0.15) is 32.3 Å². The maximum absolute atomic E-state index is 5.78. The minimum absolute atomic E-state index is 0.530. The molecule has 0 saturated heterocycles. The molecule has 1 rings (SSSR count). The van der Waals surface area contributed by atoms with Gasteiger partial charge in [-0.25, -0.2) is 4.98 Å². The number of rotatable bonds is 9. The predicted octanol–water partition coefficient (Wildman–Crippen LogP) is 2.56. The fourth-order valence-corrected chi connectivity index (χ4v) is 2.16. The lowest BCUT2D eigenvalue weighted by molar-refractivity contribution is 0.268. The first-order valence-corrected chi connectivity index (χ1v) is 8.66. The summed E-state index contributed by atoms with van der Waals surface area (Å²) in [6.45, 7) is 7.34. The number of hydrogen-bond acceptors (Lipinski definition) is 3. The normalized spacial score (nSPS) is 12.0. The van der Waals surface area contributed by atoms with E-state index in [0.29, 0.717) is 11.2 Å². The number of aromatic nitrogens is 1. The molecule has 0 spiro atoms. The lowest BCUT2D eigenvalue weighted by atomic mass is 10.2. The second kappa shape index (κ2) is 11.2. The maximum atomic E-state index is 5.78. The summed E-state index contributed by atoms with van der Waals surface area (Å²) >= 11 is 5.78. The lowest BCUT2D eigenvalue weighted by Gasteiger charge is -2.20. The third-order valence-electron chi connectivity index (χ3n) is 3.83. The Morgan fingerprint density at radius 3 is 2.61 bits per heavy atom. The van der Waals surface area contributed by atoms with Crippen LogP contribution >= 0.6 is 11.6 Å². The fraction of sp³-hybridized carbons (Fsp3) is 0.647. The highest BCUT2D eigenvalue weighted by Crippen LogP contribution is 2.05. The van der Waals surface area contributed by atoms with Gasteiger partial charge in [0.15, 0.2) is 5.96 Å². The van der Waals surface area contributed by atoms with Gasteiger partial charge in [-0.05, 0) is 58.3 Å². The first-order valence-electron chi connectivity index (χ1n) is 8.28. The second-order valence-electron chi connectivity index (χ2n) is 5.95. The quantitative estimate of drug-likeness (QED) is 0.314. The van der Waals surface area contributed by atoms with Crippen molar-refractivity contribution in [2.24, 2.45) is 4.99 Å². The van der Waals surface area contributed by atoms with Gasteiger partial charge in [0.1, 0.15) is 5.15 Å². The number of hydrogen-bond donors (Lipinski definition) is 2. The van der Waals surface area contributed by atoms with Crippen LogP contribution in [0, 0.1) is 0 Å². The van der Waals surface area contributed by atoms with Crippen molar-refractivity contribution in [3.8, 4) is 0 Å². The number of guanidine groups is 1. The molecule has 1 aromatic rings. The predicted molar refractivity (Wildman–Crippen MR) is 99.3 cm³/mol. The Labute approximate surface area is 145 Å². The number of pyridine rings is 1. The van der Waals surface area contributed by atoms with Crippen molar-refractivity contribution in [2.75, 3.05) is 33.7 Å². The largest absolute Gasteiger partial charge is 0.356 e. The summed E-state index contributed by atoms with van der Waals surface area (Å²) in [5.74, 6) is 0.851. The minimum Gasteiger partial charge on any atom is -0.356 e. The Morgan fingerprint density at radius 1 is 1.26 bits per heavy atom. The molecule has 23 heavy (non-hydrogen) atoms. The molecule has 1 aromatic heterocycles. The van der Waals surface area contributed by atoms with E-state index < -0.39 is 0 Å². The van der Waals surface area contributed by atoms with Crippen LogP contribution in [0.4, 0.5) is 0 Å². The molecule has 0 unspecified atom stereocenters. The highest BCUT2D eigenvalue weighted by molar-refractivity contribution is 6.29. The summed E-state index contributed by atoms with van der Waals surface area (Å²) in [4.78, 5) is 10.7. The number of halogens is 1. The van der Waals surface area contributed by atoms with Gasteiger partial charge < -0.3 is 15.5 Å². The van der Waals surface area contributed by atoms with E-state index in [-0.39, 0.29) is 0 Å². The van der Waals surface area contributed by atoms with E-state index in [1.807, 2.05) is 18.3 Å². The zero-order valence-corrected chi connectivity index (χ0v) is 15.5. The monoisotopic (exact) mass is 339 g/mol. The van der Waals surface area contributed by atoms with Crippen molar-refractivity contribution in [3.63, 3.8) is 0 Å². The molecule has 0 aromatic carbocycles. The first-order chi connectivity index (χ1) is 11.0. The third kappa shape index (κ3) is 8.77. The van der Waals surface area contributed by atoms with E-state index in [2.05, 4.69) is 46.4 Å². The highest BCUT2D eigenvalue weighted by atomic mass is 35.5. The molecule has 130 valence electrons. The average Bonchev–Trinajstić information content (AvgIpc) is 2.54. The van der Waals surface area contributed by atoms with Crippen molar-refractivity contribution in [1.29, 1.82) is 0 Å². The molecular weight excluding hydrogens is 310 g/mol. The van der Waals surface area contributed by atoms with Crippen molar-refractivity contribution in [1.82, 2.24) is 20.5 Å². The topological polar surface area (TPSA) is 52.6 Å². The molecule has 6 heteroatoms. The van der Waals surface area contributed by atoms with Crippen LogP contribution in [-0.4, -0.2) is 55.6 Å². The molecule has 0 aliphatic heterocycles. The van der Waals surface area contributed by atoms with Gasteiger partial charge in [-0.1, -0.05) is 17.7 Å². The molecule has 0 amide bonds. The van der Waals surface area contributed by atoms with Gasteiger partial charge in [0.25, 0.3) is 0 Å². The van der Waals surface area contributed by atoms with Gasteiger partial charge in [-0.3, -0.25) is 4.99 Å². The van der Waals surface area contributed by atoms with Crippen LogP contribution in [0.25, 0.3) is 0 Å². The number of unbranched alkanes of at least 4 members (excludes halogenated alkanes) is 1. The summed E-state index contributed by atoms with van der Waals surface area (Å²) in [7, 11) is 3.97. The number of nitrogens with zero attached hydrogens (tertiary/aromatic N) is 3.